The molecule has 0 aliphatic carbocycles. The van der Waals surface area contributed by atoms with Crippen LogP contribution in [0.25, 0.3) is 0 Å². The lowest BCUT2D eigenvalue weighted by atomic mass is 10.3. The van der Waals surface area contributed by atoms with Gasteiger partial charge in [-0.3, -0.25) is 4.98 Å². The van der Waals surface area contributed by atoms with E-state index in [9.17, 15) is 0 Å². The summed E-state index contributed by atoms with van der Waals surface area (Å²) in [5, 5.41) is 3.96. The molecule has 24 heavy (non-hydrogen) atoms. The molecule has 0 saturated carbocycles. The van der Waals surface area contributed by atoms with E-state index in [0.717, 1.165) is 24.5 Å². The molecule has 0 atom stereocenters. The van der Waals surface area contributed by atoms with Gasteiger partial charge in [-0.1, -0.05) is 17.7 Å². The first-order chi connectivity index (χ1) is 11.6. The van der Waals surface area contributed by atoms with Crippen LogP contribution in [-0.2, 0) is 6.42 Å². The third-order valence-electron chi connectivity index (χ3n) is 2.63. The molecule has 0 spiro atoms. The van der Waals surface area contributed by atoms with E-state index in [1.165, 1.54) is 6.20 Å². The molecule has 0 fully saturated rings. The average Bonchev–Trinajstić information content (AvgIpc) is 2.56. The van der Waals surface area contributed by atoms with E-state index in [2.05, 4.69) is 30.2 Å². The molecule has 0 bridgehead atoms. The maximum absolute atomic E-state index is 5.67. The van der Waals surface area contributed by atoms with Crippen molar-refractivity contribution in [2.45, 2.75) is 6.42 Å². The van der Waals surface area contributed by atoms with Crippen LogP contribution in [0.2, 0.25) is 15.7 Å². The Morgan fingerprint density at radius 2 is 1.54 bits per heavy atom. The van der Waals surface area contributed by atoms with Crippen LogP contribution in [0, 0.1) is 0 Å². The van der Waals surface area contributed by atoms with E-state index >= 15 is 0 Å². The van der Waals surface area contributed by atoms with Crippen LogP contribution >= 0.6 is 34.8 Å². The summed E-state index contributed by atoms with van der Waals surface area (Å²) in [7, 11) is 0. The largest absolute Gasteiger partial charge is 0.370 e. The van der Waals surface area contributed by atoms with Crippen LogP contribution in [0.1, 0.15) is 5.69 Å². The van der Waals surface area contributed by atoms with Gasteiger partial charge >= 0.3 is 0 Å². The predicted octanol–water partition coefficient (Wildman–Crippen LogP) is 3.96. The molecule has 0 saturated heterocycles. The fourth-order valence-corrected chi connectivity index (χ4v) is 2.09. The molecule has 0 aromatic carbocycles. The summed E-state index contributed by atoms with van der Waals surface area (Å²) in [6, 6.07) is 9.22. The Morgan fingerprint density at radius 3 is 2.12 bits per heavy atom. The summed E-state index contributed by atoms with van der Waals surface area (Å²) >= 11 is 16.4. The van der Waals surface area contributed by atoms with Gasteiger partial charge in [0.2, 0.25) is 10.6 Å². The molecule has 6 nitrogen and oxygen atoms in total. The van der Waals surface area contributed by atoms with Crippen molar-refractivity contribution < 1.29 is 0 Å². The Bertz CT molecular complexity index is 740. The maximum atomic E-state index is 5.67. The summed E-state index contributed by atoms with van der Waals surface area (Å²) in [4.78, 5) is 19.3. The van der Waals surface area contributed by atoms with Crippen molar-refractivity contribution >= 4 is 40.6 Å². The number of nitrogens with zero attached hydrogens (tertiary/aromatic N) is 5. The van der Waals surface area contributed by atoms with E-state index < -0.39 is 0 Å². The van der Waals surface area contributed by atoms with Crippen molar-refractivity contribution in [1.29, 1.82) is 0 Å². The van der Waals surface area contributed by atoms with Gasteiger partial charge in [0.25, 0.3) is 0 Å². The monoisotopic (exact) mass is 382 g/mol. The number of aromatic nitrogens is 5. The molecule has 3 heterocycles. The number of rotatable bonds is 4. The number of halogens is 3. The Labute approximate surface area is 154 Å². The van der Waals surface area contributed by atoms with Gasteiger partial charge in [0.15, 0.2) is 0 Å². The van der Waals surface area contributed by atoms with Gasteiger partial charge in [-0.2, -0.15) is 0 Å². The van der Waals surface area contributed by atoms with Gasteiger partial charge in [0.05, 0.1) is 0 Å². The van der Waals surface area contributed by atoms with Crippen molar-refractivity contribution in [3.63, 3.8) is 0 Å². The molecule has 1 N–H and O–H groups in total. The molecular weight excluding hydrogens is 371 g/mol. The van der Waals surface area contributed by atoms with Gasteiger partial charge in [0.1, 0.15) is 11.0 Å². The SMILES string of the molecule is Clc1ccnc(Cl)n1.Clc1nccc(NCCc2ccccn2)n1. The number of anilines is 1. The lowest BCUT2D eigenvalue weighted by molar-refractivity contribution is 0.951. The molecule has 0 radical (unpaired) electrons. The van der Waals surface area contributed by atoms with Crippen LogP contribution in [0.4, 0.5) is 5.82 Å². The summed E-state index contributed by atoms with van der Waals surface area (Å²) in [5.74, 6) is 0.732. The zero-order chi connectivity index (χ0) is 17.2. The minimum atomic E-state index is 0.178. The van der Waals surface area contributed by atoms with Crippen molar-refractivity contribution in [3.05, 3.63) is 70.3 Å². The highest BCUT2D eigenvalue weighted by Gasteiger charge is 1.96. The van der Waals surface area contributed by atoms with Crippen molar-refractivity contribution in [1.82, 2.24) is 24.9 Å². The third kappa shape index (κ3) is 7.04. The molecule has 3 aromatic heterocycles. The number of pyridine rings is 1. The maximum Gasteiger partial charge on any atom is 0.224 e. The molecule has 9 heteroatoms. The minimum absolute atomic E-state index is 0.178. The first-order valence-corrected chi connectivity index (χ1v) is 8.03. The molecule has 3 aromatic rings. The Balaban J connectivity index is 0.000000219. The van der Waals surface area contributed by atoms with E-state index in [4.69, 9.17) is 34.8 Å². The number of hydrogen-bond donors (Lipinski definition) is 1. The van der Waals surface area contributed by atoms with Crippen molar-refractivity contribution in [3.8, 4) is 0 Å². The highest BCUT2D eigenvalue weighted by Crippen LogP contribution is 2.06. The average molecular weight is 384 g/mol. The summed E-state index contributed by atoms with van der Waals surface area (Å²) < 4.78 is 0. The molecule has 0 aliphatic rings. The van der Waals surface area contributed by atoms with Crippen LogP contribution in [0.3, 0.4) is 0 Å². The normalized spacial score (nSPS) is 9.79. The second-order valence-electron chi connectivity index (χ2n) is 4.36. The Hall–Kier alpha value is -2.02. The van der Waals surface area contributed by atoms with Crippen LogP contribution in [-0.4, -0.2) is 31.5 Å². The van der Waals surface area contributed by atoms with Crippen molar-refractivity contribution in [2.24, 2.45) is 0 Å². The summed E-state index contributed by atoms with van der Waals surface area (Å²) in [6.45, 7) is 0.768. The molecule has 0 aliphatic heterocycles. The van der Waals surface area contributed by atoms with E-state index in [1.54, 1.807) is 24.5 Å². The summed E-state index contributed by atoms with van der Waals surface area (Å²) in [5.41, 5.74) is 1.05. The molecule has 3 rings (SSSR count). The van der Waals surface area contributed by atoms with Gasteiger partial charge in [0, 0.05) is 37.3 Å². The van der Waals surface area contributed by atoms with E-state index in [0.29, 0.717) is 5.15 Å². The fraction of sp³-hybridized carbons (Fsp3) is 0.133. The smallest absolute Gasteiger partial charge is 0.224 e. The van der Waals surface area contributed by atoms with Gasteiger partial charge in [-0.15, -0.1) is 0 Å². The number of hydrogen-bond acceptors (Lipinski definition) is 6. The Morgan fingerprint density at radius 1 is 0.792 bits per heavy atom. The third-order valence-corrected chi connectivity index (χ3v) is 3.21. The van der Waals surface area contributed by atoms with Crippen LogP contribution < -0.4 is 5.32 Å². The Kier molecular flexibility index (Phi) is 7.61. The lowest BCUT2D eigenvalue weighted by Crippen LogP contribution is -2.07. The minimum Gasteiger partial charge on any atom is -0.370 e. The van der Waals surface area contributed by atoms with Crippen LogP contribution in [0.5, 0.6) is 0 Å². The molecule has 124 valence electrons. The first-order valence-electron chi connectivity index (χ1n) is 6.90. The zero-order valence-electron chi connectivity index (χ0n) is 12.4. The van der Waals surface area contributed by atoms with E-state index in [1.807, 2.05) is 18.2 Å². The van der Waals surface area contributed by atoms with E-state index in [-0.39, 0.29) is 10.6 Å². The quantitative estimate of drug-likeness (QED) is 0.543. The first kappa shape index (κ1) is 18.3. The zero-order valence-corrected chi connectivity index (χ0v) is 14.7. The predicted molar refractivity (Wildman–Crippen MR) is 95.5 cm³/mol. The molecule has 0 amide bonds. The summed E-state index contributed by atoms with van der Waals surface area (Å²) in [6.07, 6.45) is 5.76. The molecular formula is C15H13Cl3N6. The van der Waals surface area contributed by atoms with Crippen LogP contribution in [0.15, 0.2) is 48.9 Å². The second-order valence-corrected chi connectivity index (χ2v) is 5.42. The van der Waals surface area contributed by atoms with Crippen molar-refractivity contribution in [2.75, 3.05) is 11.9 Å². The lowest BCUT2D eigenvalue weighted by Gasteiger charge is -2.04. The second kappa shape index (κ2) is 9.97. The highest BCUT2D eigenvalue weighted by molar-refractivity contribution is 6.31. The van der Waals surface area contributed by atoms with Gasteiger partial charge in [-0.25, -0.2) is 19.9 Å². The molecule has 0 unspecified atom stereocenters. The number of nitrogens with one attached hydrogen (secondary N) is 1. The highest BCUT2D eigenvalue weighted by atomic mass is 35.5. The van der Waals surface area contributed by atoms with Gasteiger partial charge < -0.3 is 5.32 Å². The fourth-order valence-electron chi connectivity index (χ4n) is 1.61. The van der Waals surface area contributed by atoms with Gasteiger partial charge in [-0.05, 0) is 47.5 Å². The standard InChI is InChI=1S/C11H11ClN4.C4H2Cl2N2/c12-11-15-8-5-10(16-11)14-7-4-9-3-1-2-6-13-9;5-3-1-2-7-4(6)8-3/h1-3,5-6,8H,4,7H2,(H,14,15,16);1-2H. The topological polar surface area (TPSA) is 76.5 Å².